The van der Waals surface area contributed by atoms with Crippen LogP contribution in [0.5, 0.6) is 0 Å². The lowest BCUT2D eigenvalue weighted by Crippen LogP contribution is -2.22. The second kappa shape index (κ2) is 6.53. The molecular formula is C16H15N3O2S. The Hall–Kier alpha value is -2.47. The summed E-state index contributed by atoms with van der Waals surface area (Å²) in [6, 6.07) is 13.2. The van der Waals surface area contributed by atoms with Crippen molar-refractivity contribution in [2.45, 2.75) is 13.3 Å². The summed E-state index contributed by atoms with van der Waals surface area (Å²) in [5, 5.41) is 6.84. The van der Waals surface area contributed by atoms with Crippen molar-refractivity contribution < 1.29 is 9.32 Å². The number of rotatable bonds is 5. The monoisotopic (exact) mass is 313 g/mol. The average Bonchev–Trinajstić information content (AvgIpc) is 3.22. The van der Waals surface area contributed by atoms with Crippen LogP contribution in [0, 0.1) is 0 Å². The van der Waals surface area contributed by atoms with E-state index in [0.29, 0.717) is 23.1 Å². The summed E-state index contributed by atoms with van der Waals surface area (Å²) in [6.45, 7) is 2.69. The minimum Gasteiger partial charge on any atom is -0.351 e. The molecule has 0 spiro atoms. The molecule has 0 aliphatic rings. The number of hydrogen-bond donors (Lipinski definition) is 1. The molecular weight excluding hydrogens is 298 g/mol. The molecule has 0 saturated carbocycles. The van der Waals surface area contributed by atoms with Gasteiger partial charge in [0, 0.05) is 12.1 Å². The van der Waals surface area contributed by atoms with E-state index in [1.165, 1.54) is 11.3 Å². The molecule has 6 heteroatoms. The first-order chi connectivity index (χ1) is 10.8. The highest BCUT2D eigenvalue weighted by Gasteiger charge is 2.14. The van der Waals surface area contributed by atoms with E-state index in [0.717, 1.165) is 16.9 Å². The highest BCUT2D eigenvalue weighted by molar-refractivity contribution is 7.17. The molecule has 112 valence electrons. The molecule has 22 heavy (non-hydrogen) atoms. The van der Waals surface area contributed by atoms with Gasteiger partial charge < -0.3 is 9.84 Å². The summed E-state index contributed by atoms with van der Waals surface area (Å²) in [5.41, 5.74) is 0.874. The summed E-state index contributed by atoms with van der Waals surface area (Å²) >= 11 is 1.36. The summed E-state index contributed by atoms with van der Waals surface area (Å²) < 4.78 is 5.28. The van der Waals surface area contributed by atoms with Crippen LogP contribution in [0.1, 0.15) is 23.0 Å². The van der Waals surface area contributed by atoms with Gasteiger partial charge in [0.05, 0.1) is 9.75 Å². The molecule has 0 aliphatic heterocycles. The van der Waals surface area contributed by atoms with E-state index >= 15 is 0 Å². The van der Waals surface area contributed by atoms with Crippen LogP contribution < -0.4 is 5.32 Å². The van der Waals surface area contributed by atoms with E-state index in [1.807, 2.05) is 43.3 Å². The van der Waals surface area contributed by atoms with E-state index in [2.05, 4.69) is 15.5 Å². The Morgan fingerprint density at radius 1 is 1.23 bits per heavy atom. The predicted molar refractivity (Wildman–Crippen MR) is 85.7 cm³/mol. The standard InChI is InChI=1S/C16H15N3O2S/c1-2-10-17-15(20)13-9-8-12(22-13)14-18-16(21-19-14)11-6-4-3-5-7-11/h3-9H,2,10H2,1H3,(H,17,20). The van der Waals surface area contributed by atoms with Crippen molar-refractivity contribution in [3.63, 3.8) is 0 Å². The summed E-state index contributed by atoms with van der Waals surface area (Å²) in [5.74, 6) is 0.907. The number of carbonyl (C=O) groups is 1. The quantitative estimate of drug-likeness (QED) is 0.781. The molecule has 3 aromatic rings. The number of benzene rings is 1. The highest BCUT2D eigenvalue weighted by Crippen LogP contribution is 2.28. The molecule has 0 bridgehead atoms. The zero-order chi connectivity index (χ0) is 15.4. The van der Waals surface area contributed by atoms with Gasteiger partial charge in [0.25, 0.3) is 11.8 Å². The van der Waals surface area contributed by atoms with Crippen LogP contribution in [0.15, 0.2) is 47.0 Å². The Morgan fingerprint density at radius 3 is 2.82 bits per heavy atom. The van der Waals surface area contributed by atoms with E-state index in [4.69, 9.17) is 4.52 Å². The molecule has 1 N–H and O–H groups in total. The first kappa shape index (κ1) is 14.5. The molecule has 0 radical (unpaired) electrons. The molecule has 3 rings (SSSR count). The van der Waals surface area contributed by atoms with Gasteiger partial charge in [-0.3, -0.25) is 4.79 Å². The molecule has 0 saturated heterocycles. The van der Waals surface area contributed by atoms with E-state index in [1.54, 1.807) is 6.07 Å². The Balaban J connectivity index is 1.80. The predicted octanol–water partition coefficient (Wildman–Crippen LogP) is 3.60. The maximum Gasteiger partial charge on any atom is 0.261 e. The SMILES string of the molecule is CCCNC(=O)c1ccc(-c2noc(-c3ccccc3)n2)s1. The topological polar surface area (TPSA) is 68.0 Å². The van der Waals surface area contributed by atoms with Crippen molar-refractivity contribution >= 4 is 17.2 Å². The number of carbonyl (C=O) groups excluding carboxylic acids is 1. The fourth-order valence-corrected chi connectivity index (χ4v) is 2.78. The molecule has 0 atom stereocenters. The van der Waals surface area contributed by atoms with Crippen molar-refractivity contribution in [1.29, 1.82) is 0 Å². The van der Waals surface area contributed by atoms with Crippen LogP contribution in [0.3, 0.4) is 0 Å². The second-order valence-corrected chi connectivity index (χ2v) is 5.79. The lowest BCUT2D eigenvalue weighted by Gasteiger charge is -1.99. The van der Waals surface area contributed by atoms with Crippen molar-refractivity contribution in [3.8, 4) is 22.2 Å². The Morgan fingerprint density at radius 2 is 2.05 bits per heavy atom. The van der Waals surface area contributed by atoms with E-state index in [-0.39, 0.29) is 5.91 Å². The minimum absolute atomic E-state index is 0.0649. The third kappa shape index (κ3) is 3.07. The van der Waals surface area contributed by atoms with Gasteiger partial charge in [-0.05, 0) is 30.7 Å². The molecule has 0 fully saturated rings. The largest absolute Gasteiger partial charge is 0.351 e. The van der Waals surface area contributed by atoms with Crippen LogP contribution in [0.2, 0.25) is 0 Å². The van der Waals surface area contributed by atoms with E-state index < -0.39 is 0 Å². The van der Waals surface area contributed by atoms with Crippen LogP contribution in [-0.4, -0.2) is 22.6 Å². The van der Waals surface area contributed by atoms with Gasteiger partial charge in [0.1, 0.15) is 0 Å². The van der Waals surface area contributed by atoms with Gasteiger partial charge in [-0.15, -0.1) is 11.3 Å². The van der Waals surface area contributed by atoms with Gasteiger partial charge in [-0.2, -0.15) is 4.98 Å². The van der Waals surface area contributed by atoms with Crippen molar-refractivity contribution in [2.24, 2.45) is 0 Å². The number of amides is 1. The average molecular weight is 313 g/mol. The fourth-order valence-electron chi connectivity index (χ4n) is 1.93. The molecule has 2 heterocycles. The minimum atomic E-state index is -0.0649. The summed E-state index contributed by atoms with van der Waals surface area (Å²) in [7, 11) is 0. The summed E-state index contributed by atoms with van der Waals surface area (Å²) in [4.78, 5) is 17.8. The van der Waals surface area contributed by atoms with Gasteiger partial charge in [0.15, 0.2) is 0 Å². The van der Waals surface area contributed by atoms with Gasteiger partial charge in [0.2, 0.25) is 5.82 Å². The van der Waals surface area contributed by atoms with Crippen LogP contribution in [0.4, 0.5) is 0 Å². The maximum absolute atomic E-state index is 11.9. The second-order valence-electron chi connectivity index (χ2n) is 4.71. The smallest absolute Gasteiger partial charge is 0.261 e. The van der Waals surface area contributed by atoms with Crippen molar-refractivity contribution in [2.75, 3.05) is 6.54 Å². The van der Waals surface area contributed by atoms with Crippen LogP contribution >= 0.6 is 11.3 Å². The third-order valence-electron chi connectivity index (χ3n) is 3.03. The third-order valence-corrected chi connectivity index (χ3v) is 4.11. The molecule has 0 aliphatic carbocycles. The van der Waals surface area contributed by atoms with Gasteiger partial charge in [-0.25, -0.2) is 0 Å². The lowest BCUT2D eigenvalue weighted by molar-refractivity contribution is 0.0957. The van der Waals surface area contributed by atoms with Gasteiger partial charge >= 0.3 is 0 Å². The normalized spacial score (nSPS) is 10.6. The number of thiophene rings is 1. The van der Waals surface area contributed by atoms with Crippen molar-refractivity contribution in [1.82, 2.24) is 15.5 Å². The number of aromatic nitrogens is 2. The number of nitrogens with zero attached hydrogens (tertiary/aromatic N) is 2. The molecule has 0 unspecified atom stereocenters. The Kier molecular flexibility index (Phi) is 4.29. The fraction of sp³-hybridized carbons (Fsp3) is 0.188. The maximum atomic E-state index is 11.9. The highest BCUT2D eigenvalue weighted by atomic mass is 32.1. The van der Waals surface area contributed by atoms with Gasteiger partial charge in [-0.1, -0.05) is 30.3 Å². The zero-order valence-electron chi connectivity index (χ0n) is 12.1. The Labute approximate surface area is 132 Å². The first-order valence-corrected chi connectivity index (χ1v) is 7.87. The number of nitrogens with one attached hydrogen (secondary N) is 1. The first-order valence-electron chi connectivity index (χ1n) is 7.05. The molecule has 5 nitrogen and oxygen atoms in total. The molecule has 2 aromatic heterocycles. The molecule has 1 aromatic carbocycles. The summed E-state index contributed by atoms with van der Waals surface area (Å²) in [6.07, 6.45) is 0.912. The van der Waals surface area contributed by atoms with Crippen LogP contribution in [-0.2, 0) is 0 Å². The Bertz CT molecular complexity index is 765. The number of hydrogen-bond acceptors (Lipinski definition) is 5. The van der Waals surface area contributed by atoms with E-state index in [9.17, 15) is 4.79 Å². The lowest BCUT2D eigenvalue weighted by atomic mass is 10.2. The zero-order valence-corrected chi connectivity index (χ0v) is 12.9. The van der Waals surface area contributed by atoms with Crippen molar-refractivity contribution in [3.05, 3.63) is 47.3 Å². The van der Waals surface area contributed by atoms with Crippen LogP contribution in [0.25, 0.3) is 22.2 Å². The molecule has 1 amide bonds.